The number of benzene rings is 5. The third kappa shape index (κ3) is 8.30. The third-order valence-electron chi connectivity index (χ3n) is 7.30. The Kier molecular flexibility index (Phi) is 10.8. The summed E-state index contributed by atoms with van der Waals surface area (Å²) in [6.45, 7) is 3.69. The summed E-state index contributed by atoms with van der Waals surface area (Å²) in [5, 5.41) is 9.55. The first kappa shape index (κ1) is 33.5. The van der Waals surface area contributed by atoms with Gasteiger partial charge in [-0.1, -0.05) is 71.7 Å². The maximum absolute atomic E-state index is 13.7. The SMILES string of the molecule is CCOC(COc1ccc(OCC(=O)O)c(C)c1)=C(c1ccc(-c2ccc(F)cc2Cl)cc1)c1ccc(-c2ccc(F)cc2Cl)cc1. The summed E-state index contributed by atoms with van der Waals surface area (Å²) in [6, 6.07) is 29.1. The Labute approximate surface area is 281 Å². The van der Waals surface area contributed by atoms with Crippen LogP contribution in [-0.4, -0.2) is 30.9 Å². The number of rotatable bonds is 12. The molecule has 0 aliphatic rings. The molecular formula is C38H30Cl2F2O5. The van der Waals surface area contributed by atoms with E-state index in [-0.39, 0.29) is 6.61 Å². The van der Waals surface area contributed by atoms with Crippen LogP contribution in [0.2, 0.25) is 10.0 Å². The van der Waals surface area contributed by atoms with Gasteiger partial charge in [0.15, 0.2) is 6.61 Å². The minimum atomic E-state index is -1.06. The number of halogens is 4. The van der Waals surface area contributed by atoms with Crippen LogP contribution in [-0.2, 0) is 9.53 Å². The number of hydrogen-bond donors (Lipinski definition) is 1. The average Bonchev–Trinajstić information content (AvgIpc) is 3.04. The molecule has 0 heterocycles. The van der Waals surface area contributed by atoms with Crippen LogP contribution in [0.25, 0.3) is 27.8 Å². The van der Waals surface area contributed by atoms with E-state index in [2.05, 4.69) is 0 Å². The van der Waals surface area contributed by atoms with Crippen molar-refractivity contribution in [3.8, 4) is 33.8 Å². The zero-order valence-corrected chi connectivity index (χ0v) is 27.0. The molecule has 240 valence electrons. The summed E-state index contributed by atoms with van der Waals surface area (Å²) in [5.74, 6) is -0.328. The van der Waals surface area contributed by atoms with Crippen molar-refractivity contribution < 1.29 is 32.9 Å². The summed E-state index contributed by atoms with van der Waals surface area (Å²) in [7, 11) is 0. The second kappa shape index (κ2) is 15.2. The number of aliphatic carboxylic acids is 1. The summed E-state index contributed by atoms with van der Waals surface area (Å²) in [4.78, 5) is 10.9. The monoisotopic (exact) mass is 674 g/mol. The number of carbonyl (C=O) groups is 1. The van der Waals surface area contributed by atoms with Crippen molar-refractivity contribution in [1.29, 1.82) is 0 Å². The van der Waals surface area contributed by atoms with E-state index in [9.17, 15) is 13.6 Å². The van der Waals surface area contributed by atoms with Crippen molar-refractivity contribution in [2.75, 3.05) is 19.8 Å². The lowest BCUT2D eigenvalue weighted by molar-refractivity contribution is -0.139. The standard InChI is InChI=1S/C38H30Cl2F2O5/c1-3-45-36(21-46-30-14-17-35(23(2)18-30)47-22-37(43)44)38(26-8-4-24(5-9-26)31-15-12-28(41)19-33(31)39)27-10-6-25(7-11-27)32-16-13-29(42)20-34(32)40/h4-20H,3,21-22H2,1-2H3,(H,43,44). The average molecular weight is 676 g/mol. The molecule has 0 atom stereocenters. The molecule has 9 heteroatoms. The normalized spacial score (nSPS) is 10.8. The maximum atomic E-state index is 13.7. The number of carboxylic acid groups (broad SMARTS) is 1. The highest BCUT2D eigenvalue weighted by molar-refractivity contribution is 6.33. The molecular weight excluding hydrogens is 645 g/mol. The van der Waals surface area contributed by atoms with Crippen LogP contribution in [0, 0.1) is 18.6 Å². The van der Waals surface area contributed by atoms with Gasteiger partial charge < -0.3 is 19.3 Å². The van der Waals surface area contributed by atoms with Gasteiger partial charge in [-0.25, -0.2) is 13.6 Å². The zero-order chi connectivity index (χ0) is 33.5. The van der Waals surface area contributed by atoms with E-state index >= 15 is 0 Å². The van der Waals surface area contributed by atoms with Gasteiger partial charge in [0, 0.05) is 16.7 Å². The third-order valence-corrected chi connectivity index (χ3v) is 7.92. The molecule has 0 fully saturated rings. The zero-order valence-electron chi connectivity index (χ0n) is 25.5. The molecule has 0 spiro atoms. The molecule has 5 aromatic carbocycles. The highest BCUT2D eigenvalue weighted by Crippen LogP contribution is 2.35. The first-order valence-electron chi connectivity index (χ1n) is 14.7. The molecule has 47 heavy (non-hydrogen) atoms. The predicted octanol–water partition coefficient (Wildman–Crippen LogP) is 10.3. The molecule has 5 rings (SSSR count). The van der Waals surface area contributed by atoms with Gasteiger partial charge in [0.2, 0.25) is 0 Å². The summed E-state index contributed by atoms with van der Waals surface area (Å²) >= 11 is 12.7. The van der Waals surface area contributed by atoms with Crippen LogP contribution in [0.1, 0.15) is 23.6 Å². The fraction of sp³-hybridized carbons (Fsp3) is 0.132. The van der Waals surface area contributed by atoms with Gasteiger partial charge in [0.05, 0.1) is 16.7 Å². The van der Waals surface area contributed by atoms with Crippen LogP contribution < -0.4 is 9.47 Å². The van der Waals surface area contributed by atoms with Gasteiger partial charge >= 0.3 is 5.97 Å². The number of carboxylic acids is 1. The maximum Gasteiger partial charge on any atom is 0.341 e. The number of ether oxygens (including phenoxy) is 3. The van der Waals surface area contributed by atoms with E-state index in [1.807, 2.05) is 55.5 Å². The quantitative estimate of drug-likeness (QED) is 0.133. The van der Waals surface area contributed by atoms with Crippen LogP contribution in [0.5, 0.6) is 11.5 Å². The van der Waals surface area contributed by atoms with E-state index in [1.54, 1.807) is 37.3 Å². The van der Waals surface area contributed by atoms with E-state index < -0.39 is 24.2 Å². The first-order chi connectivity index (χ1) is 22.6. The molecule has 0 aliphatic carbocycles. The van der Waals surface area contributed by atoms with Gasteiger partial charge in [-0.05, 0) is 96.3 Å². The summed E-state index contributed by atoms with van der Waals surface area (Å²) in [5.41, 5.74) is 6.19. The second-order valence-electron chi connectivity index (χ2n) is 10.5. The molecule has 5 aromatic rings. The van der Waals surface area contributed by atoms with Crippen LogP contribution in [0.3, 0.4) is 0 Å². The van der Waals surface area contributed by atoms with Gasteiger partial charge in [-0.15, -0.1) is 0 Å². The molecule has 0 saturated heterocycles. The van der Waals surface area contributed by atoms with Crippen molar-refractivity contribution in [2.45, 2.75) is 13.8 Å². The fourth-order valence-corrected chi connectivity index (χ4v) is 5.64. The summed E-state index contributed by atoms with van der Waals surface area (Å²) < 4.78 is 45.1. The molecule has 0 saturated carbocycles. The van der Waals surface area contributed by atoms with Gasteiger partial charge in [-0.2, -0.15) is 0 Å². The van der Waals surface area contributed by atoms with Crippen LogP contribution in [0.15, 0.2) is 109 Å². The molecule has 1 N–H and O–H groups in total. The van der Waals surface area contributed by atoms with E-state index in [0.29, 0.717) is 45.0 Å². The Hall–Kier alpha value is -4.85. The van der Waals surface area contributed by atoms with E-state index in [0.717, 1.165) is 33.4 Å². The molecule has 0 unspecified atom stereocenters. The Balaban J connectivity index is 1.53. The van der Waals surface area contributed by atoms with E-state index in [1.165, 1.54) is 24.3 Å². The van der Waals surface area contributed by atoms with E-state index in [4.69, 9.17) is 42.5 Å². The molecule has 0 radical (unpaired) electrons. The predicted molar refractivity (Wildman–Crippen MR) is 181 cm³/mol. The smallest absolute Gasteiger partial charge is 0.341 e. The number of aryl methyl sites for hydroxylation is 1. The molecule has 5 nitrogen and oxygen atoms in total. The number of hydrogen-bond acceptors (Lipinski definition) is 4. The molecule has 0 amide bonds. The van der Waals surface area contributed by atoms with Gasteiger partial charge in [-0.3, -0.25) is 0 Å². The van der Waals surface area contributed by atoms with Gasteiger partial charge in [0.1, 0.15) is 35.5 Å². The minimum Gasteiger partial charge on any atom is -0.494 e. The Morgan fingerprint density at radius 3 is 1.68 bits per heavy atom. The lowest BCUT2D eigenvalue weighted by Crippen LogP contribution is -2.11. The van der Waals surface area contributed by atoms with Crippen molar-refractivity contribution in [2.24, 2.45) is 0 Å². The lowest BCUT2D eigenvalue weighted by Gasteiger charge is -2.19. The molecule has 0 bridgehead atoms. The fourth-order valence-electron chi connectivity index (χ4n) is 5.09. The topological polar surface area (TPSA) is 65.0 Å². The minimum absolute atomic E-state index is 0.0784. The molecule has 0 aliphatic heterocycles. The Morgan fingerprint density at radius 1 is 0.702 bits per heavy atom. The van der Waals surface area contributed by atoms with Crippen molar-refractivity contribution in [3.05, 3.63) is 147 Å². The lowest BCUT2D eigenvalue weighted by atomic mass is 9.93. The van der Waals surface area contributed by atoms with Crippen molar-refractivity contribution >= 4 is 34.7 Å². The summed E-state index contributed by atoms with van der Waals surface area (Å²) in [6.07, 6.45) is 0. The Morgan fingerprint density at radius 2 is 1.23 bits per heavy atom. The highest BCUT2D eigenvalue weighted by Gasteiger charge is 2.17. The van der Waals surface area contributed by atoms with Crippen molar-refractivity contribution in [1.82, 2.24) is 0 Å². The Bertz CT molecular complexity index is 1830. The first-order valence-corrected chi connectivity index (χ1v) is 15.4. The molecule has 0 aromatic heterocycles. The second-order valence-corrected chi connectivity index (χ2v) is 11.3. The highest BCUT2D eigenvalue weighted by atomic mass is 35.5. The van der Waals surface area contributed by atoms with Crippen LogP contribution >= 0.6 is 23.2 Å². The van der Waals surface area contributed by atoms with Crippen molar-refractivity contribution in [3.63, 3.8) is 0 Å². The van der Waals surface area contributed by atoms with Gasteiger partial charge in [0.25, 0.3) is 0 Å². The van der Waals surface area contributed by atoms with Crippen LogP contribution in [0.4, 0.5) is 8.78 Å². The largest absolute Gasteiger partial charge is 0.494 e.